The molecule has 318 valence electrons. The Morgan fingerprint density at radius 2 is 1.34 bits per heavy atom. The molecule has 4 rings (SSSR count). The molecular formula is C44H56N4O11. The van der Waals surface area contributed by atoms with Crippen LogP contribution >= 0.6 is 0 Å². The monoisotopic (exact) mass is 816 g/mol. The maximum absolute atomic E-state index is 13.4. The zero-order chi connectivity index (χ0) is 42.2. The second kappa shape index (κ2) is 25.7. The first kappa shape index (κ1) is 46.1. The molecule has 0 saturated carbocycles. The zero-order valence-corrected chi connectivity index (χ0v) is 33.8. The summed E-state index contributed by atoms with van der Waals surface area (Å²) in [5, 5.41) is 29.3. The van der Waals surface area contributed by atoms with Gasteiger partial charge < -0.3 is 49.8 Å². The lowest BCUT2D eigenvalue weighted by Gasteiger charge is -2.22. The van der Waals surface area contributed by atoms with Gasteiger partial charge in [-0.2, -0.15) is 0 Å². The van der Waals surface area contributed by atoms with E-state index in [1.54, 1.807) is 18.3 Å². The van der Waals surface area contributed by atoms with Gasteiger partial charge in [0, 0.05) is 31.2 Å². The molecule has 0 aliphatic rings. The molecule has 2 amide bonds. The first-order chi connectivity index (χ1) is 28.6. The Kier molecular flexibility index (Phi) is 20.1. The highest BCUT2D eigenvalue weighted by molar-refractivity contribution is 6.00. The van der Waals surface area contributed by atoms with E-state index in [2.05, 4.69) is 27.9 Å². The average molecular weight is 817 g/mol. The fourth-order valence-corrected chi connectivity index (χ4v) is 6.11. The van der Waals surface area contributed by atoms with Crippen molar-refractivity contribution >= 4 is 40.3 Å². The zero-order valence-electron chi connectivity index (χ0n) is 33.8. The molecule has 15 heteroatoms. The molecule has 0 radical (unpaired) electrons. The summed E-state index contributed by atoms with van der Waals surface area (Å²) in [6.07, 6.45) is 1.95. The van der Waals surface area contributed by atoms with Gasteiger partial charge in [-0.3, -0.25) is 19.2 Å². The van der Waals surface area contributed by atoms with Gasteiger partial charge in [-0.25, -0.2) is 4.98 Å². The molecule has 2 atom stereocenters. The third-order valence-electron chi connectivity index (χ3n) is 8.99. The van der Waals surface area contributed by atoms with Gasteiger partial charge in [0.05, 0.1) is 65.1 Å². The van der Waals surface area contributed by atoms with E-state index >= 15 is 0 Å². The molecule has 0 saturated heterocycles. The number of aryl methyl sites for hydroxylation is 1. The maximum atomic E-state index is 13.4. The van der Waals surface area contributed by atoms with Crippen LogP contribution in [-0.2, 0) is 38.1 Å². The smallest absolute Gasteiger partial charge is 0.305 e. The molecule has 3 aromatic carbocycles. The lowest BCUT2D eigenvalue weighted by atomic mass is 9.95. The van der Waals surface area contributed by atoms with E-state index in [0.29, 0.717) is 83.0 Å². The molecule has 59 heavy (non-hydrogen) atoms. The molecule has 4 aromatic rings. The number of ether oxygens (including phenoxy) is 5. The molecular weight excluding hydrogens is 761 g/mol. The van der Waals surface area contributed by atoms with E-state index in [0.717, 1.165) is 40.5 Å². The molecule has 1 heterocycles. The van der Waals surface area contributed by atoms with Gasteiger partial charge in [0.2, 0.25) is 11.8 Å². The summed E-state index contributed by atoms with van der Waals surface area (Å²) in [7, 11) is 0. The number of aromatic nitrogens is 1. The number of nitrogens with one attached hydrogen (secondary N) is 3. The summed E-state index contributed by atoms with van der Waals surface area (Å²) in [4.78, 5) is 53.9. The Bertz CT molecular complexity index is 1920. The predicted octanol–water partition coefficient (Wildman–Crippen LogP) is 5.55. The summed E-state index contributed by atoms with van der Waals surface area (Å²) < 4.78 is 28.1. The fraction of sp³-hybridized carbons (Fsp3) is 0.432. The van der Waals surface area contributed by atoms with E-state index in [4.69, 9.17) is 23.7 Å². The third kappa shape index (κ3) is 16.6. The molecule has 0 fully saturated rings. The van der Waals surface area contributed by atoms with Crippen LogP contribution in [0.15, 0.2) is 79.0 Å². The maximum Gasteiger partial charge on any atom is 0.305 e. The Balaban J connectivity index is 1.30. The van der Waals surface area contributed by atoms with Crippen LogP contribution in [-0.4, -0.2) is 111 Å². The van der Waals surface area contributed by atoms with Crippen LogP contribution in [0.4, 0.5) is 5.82 Å². The van der Waals surface area contributed by atoms with Gasteiger partial charge in [0.15, 0.2) is 0 Å². The van der Waals surface area contributed by atoms with Gasteiger partial charge in [0.25, 0.3) is 0 Å². The number of aliphatic carboxylic acids is 2. The van der Waals surface area contributed by atoms with Crippen molar-refractivity contribution in [2.45, 2.75) is 58.0 Å². The van der Waals surface area contributed by atoms with E-state index in [1.165, 1.54) is 0 Å². The number of anilines is 1. The van der Waals surface area contributed by atoms with E-state index in [9.17, 15) is 29.4 Å². The van der Waals surface area contributed by atoms with Crippen LogP contribution in [0.2, 0.25) is 0 Å². The summed E-state index contributed by atoms with van der Waals surface area (Å²) in [6.45, 7) is 8.90. The summed E-state index contributed by atoms with van der Waals surface area (Å²) in [5.41, 5.74) is 3.29. The molecule has 0 aliphatic carbocycles. The number of benzene rings is 3. The fourth-order valence-electron chi connectivity index (χ4n) is 6.11. The van der Waals surface area contributed by atoms with E-state index < -0.39 is 48.7 Å². The van der Waals surface area contributed by atoms with Crippen LogP contribution in [0.25, 0.3) is 21.9 Å². The molecule has 0 spiro atoms. The minimum absolute atomic E-state index is 0.0297. The van der Waals surface area contributed by atoms with Gasteiger partial charge in [-0.15, -0.1) is 0 Å². The second-order valence-electron chi connectivity index (χ2n) is 13.7. The number of hydrogen-bond donors (Lipinski definition) is 5. The van der Waals surface area contributed by atoms with Crippen LogP contribution in [0.3, 0.4) is 0 Å². The Hall–Kier alpha value is -5.61. The van der Waals surface area contributed by atoms with Crippen molar-refractivity contribution in [1.29, 1.82) is 0 Å². The van der Waals surface area contributed by atoms with Crippen LogP contribution < -0.4 is 20.7 Å². The van der Waals surface area contributed by atoms with Gasteiger partial charge in [-0.05, 0) is 65.6 Å². The number of nitrogens with zero attached hydrogens (tertiary/aromatic N) is 1. The second-order valence-corrected chi connectivity index (χ2v) is 13.7. The molecule has 0 unspecified atom stereocenters. The number of rotatable bonds is 29. The molecule has 5 N–H and O–H groups in total. The highest BCUT2D eigenvalue weighted by atomic mass is 16.6. The topological polar surface area (TPSA) is 204 Å². The van der Waals surface area contributed by atoms with Gasteiger partial charge in [-0.1, -0.05) is 61.5 Å². The van der Waals surface area contributed by atoms with Crippen molar-refractivity contribution in [1.82, 2.24) is 15.6 Å². The number of pyridine rings is 1. The summed E-state index contributed by atoms with van der Waals surface area (Å²) in [6, 6.07) is 20.1. The van der Waals surface area contributed by atoms with Crippen molar-refractivity contribution in [3.05, 3.63) is 90.1 Å². The molecule has 0 bridgehead atoms. The number of carbonyl (C=O) groups excluding carboxylic acids is 2. The van der Waals surface area contributed by atoms with Crippen molar-refractivity contribution < 1.29 is 53.1 Å². The number of carboxylic acids is 2. The lowest BCUT2D eigenvalue weighted by molar-refractivity contribution is -0.142. The normalized spacial score (nSPS) is 12.1. The quantitative estimate of drug-likeness (QED) is 0.0428. The minimum Gasteiger partial charge on any atom is -0.491 e. The Morgan fingerprint density at radius 3 is 1.97 bits per heavy atom. The molecule has 1 aromatic heterocycles. The number of amides is 2. The average Bonchev–Trinajstić information content (AvgIpc) is 3.22. The Morgan fingerprint density at radius 1 is 0.712 bits per heavy atom. The highest BCUT2D eigenvalue weighted by Crippen LogP contribution is 2.35. The Labute approximate surface area is 344 Å². The number of carboxylic acid groups (broad SMARTS) is 2. The predicted molar refractivity (Wildman–Crippen MR) is 222 cm³/mol. The standard InChI is InChI=1S/C44H56N4O11/c1-3-19-55-20-21-56-22-23-57-24-25-58-26-27-59-39-15-14-34(35-7-4-5-8-36(35)39)32-10-12-33(13-11-32)37(29-42(50)51)48-44(54)38(30-43(52)53)47-41(49)9-6-17-45-40-28-31(2)16-18-46-40/h4-5,7-8,10-16,18,28,37-38H,3,6,9,17,19-27,29-30H2,1-2H3,(H,45,46)(H,47,49)(H,48,54)(H,50,51)(H,52,53)/t37-,38-/m0/s1. The van der Waals surface area contributed by atoms with Gasteiger partial charge >= 0.3 is 11.9 Å². The number of hydrogen-bond acceptors (Lipinski definition) is 11. The van der Waals surface area contributed by atoms with E-state index in [-0.39, 0.29) is 6.42 Å². The first-order valence-corrected chi connectivity index (χ1v) is 19.9. The van der Waals surface area contributed by atoms with Crippen molar-refractivity contribution in [3.63, 3.8) is 0 Å². The van der Waals surface area contributed by atoms with E-state index in [1.807, 2.05) is 67.6 Å². The lowest BCUT2D eigenvalue weighted by Crippen LogP contribution is -2.49. The molecule has 15 nitrogen and oxygen atoms in total. The summed E-state index contributed by atoms with van der Waals surface area (Å²) >= 11 is 0. The van der Waals surface area contributed by atoms with Crippen molar-refractivity contribution in [3.8, 4) is 16.9 Å². The van der Waals surface area contributed by atoms with Crippen molar-refractivity contribution in [2.75, 3.05) is 71.3 Å². The van der Waals surface area contributed by atoms with Gasteiger partial charge in [0.1, 0.15) is 24.2 Å². The third-order valence-corrected chi connectivity index (χ3v) is 8.99. The van der Waals surface area contributed by atoms with Crippen LogP contribution in [0.5, 0.6) is 5.75 Å². The largest absolute Gasteiger partial charge is 0.491 e. The number of fused-ring (bicyclic) bond motifs is 1. The first-order valence-electron chi connectivity index (χ1n) is 19.9. The highest BCUT2D eigenvalue weighted by Gasteiger charge is 2.27. The van der Waals surface area contributed by atoms with Crippen LogP contribution in [0.1, 0.15) is 56.2 Å². The van der Waals surface area contributed by atoms with Crippen molar-refractivity contribution in [2.24, 2.45) is 0 Å². The summed E-state index contributed by atoms with van der Waals surface area (Å²) in [5.74, 6) is -2.41. The minimum atomic E-state index is -1.41. The number of carbonyl (C=O) groups is 4. The SMILES string of the molecule is CCCOCCOCCOCCOCCOc1ccc(-c2ccc([C@H](CC(=O)O)NC(=O)[C@H](CC(=O)O)NC(=O)CCCNc3cc(C)ccn3)cc2)c2ccccc12. The van der Waals surface area contributed by atoms with Crippen LogP contribution in [0, 0.1) is 6.92 Å². The molecule has 0 aliphatic heterocycles.